The van der Waals surface area contributed by atoms with E-state index in [0.717, 1.165) is 6.07 Å². The van der Waals surface area contributed by atoms with Gasteiger partial charge in [0.2, 0.25) is 12.0 Å². The molecule has 1 unspecified atom stereocenters. The van der Waals surface area contributed by atoms with Crippen molar-refractivity contribution >= 4 is 6.08 Å². The van der Waals surface area contributed by atoms with Crippen LogP contribution in [0.5, 0.6) is 34.5 Å². The summed E-state index contributed by atoms with van der Waals surface area (Å²) in [5.41, 5.74) is 0.608. The van der Waals surface area contributed by atoms with E-state index in [-0.39, 0.29) is 45.8 Å². The number of phenols is 3. The average Bonchev–Trinajstić information content (AvgIpc) is 2.84. The summed E-state index contributed by atoms with van der Waals surface area (Å²) in [5, 5.41) is 70.7. The molecule has 12 nitrogen and oxygen atoms in total. The predicted molar refractivity (Wildman–Crippen MR) is 118 cm³/mol. The third kappa shape index (κ3) is 4.49. The number of ether oxygens (including phenoxy) is 5. The molecule has 1 saturated heterocycles. The first kappa shape index (κ1) is 24.7. The van der Waals surface area contributed by atoms with Crippen LogP contribution in [0.3, 0.4) is 0 Å². The number of fused-ring (bicyclic) bond motifs is 1. The van der Waals surface area contributed by atoms with Crippen LogP contribution in [0, 0.1) is 0 Å². The normalized spacial score (nSPS) is 27.9. The molecule has 0 aromatic heterocycles. The second kappa shape index (κ2) is 9.68. The average molecular weight is 495 g/mol. The summed E-state index contributed by atoms with van der Waals surface area (Å²) < 4.78 is 26.3. The molecular weight excluding hydrogens is 468 g/mol. The highest BCUT2D eigenvalue weighted by Crippen LogP contribution is 2.48. The molecule has 2 aliphatic heterocycles. The molecule has 0 saturated carbocycles. The maximum absolute atomic E-state index is 10.4. The molecule has 0 amide bonds. The van der Waals surface area contributed by atoms with Crippen LogP contribution in [0.4, 0.5) is 0 Å². The van der Waals surface area contributed by atoms with Gasteiger partial charge in [0.05, 0.1) is 32.5 Å². The van der Waals surface area contributed by atoms with E-state index in [1.807, 2.05) is 0 Å². The van der Waals surface area contributed by atoms with Gasteiger partial charge >= 0.3 is 0 Å². The molecule has 35 heavy (non-hydrogen) atoms. The van der Waals surface area contributed by atoms with Gasteiger partial charge in [0.1, 0.15) is 41.5 Å². The highest BCUT2D eigenvalue weighted by atomic mass is 16.7. The van der Waals surface area contributed by atoms with Crippen molar-refractivity contribution in [2.24, 2.45) is 0 Å². The largest absolute Gasteiger partial charge is 0.571 e. The fraction of sp³-hybridized carbons (Fsp3) is 0.391. The topological polar surface area (TPSA) is 191 Å². The molecule has 190 valence electrons. The lowest BCUT2D eigenvalue weighted by Crippen LogP contribution is -2.59. The van der Waals surface area contributed by atoms with Crippen molar-refractivity contribution in [3.05, 3.63) is 41.2 Å². The first-order valence-electron chi connectivity index (χ1n) is 10.6. The minimum Gasteiger partial charge on any atom is -0.571 e. The van der Waals surface area contributed by atoms with Gasteiger partial charge in [-0.15, -0.1) is 0 Å². The highest BCUT2D eigenvalue weighted by Gasteiger charge is 2.46. The number of hydrogen-bond donors (Lipinski definition) is 7. The summed E-state index contributed by atoms with van der Waals surface area (Å²) in [4.78, 5) is 0. The van der Waals surface area contributed by atoms with Crippen molar-refractivity contribution in [3.8, 4) is 34.5 Å². The smallest absolute Gasteiger partial charge is 0.270 e. The van der Waals surface area contributed by atoms with Crippen molar-refractivity contribution < 1.29 is 59.4 Å². The molecule has 8 N–H and O–H groups in total. The van der Waals surface area contributed by atoms with Crippen LogP contribution >= 0.6 is 0 Å². The lowest BCUT2D eigenvalue weighted by molar-refractivity contribution is -0.295. The number of hydrogen-bond acceptors (Lipinski definition) is 11. The molecule has 4 rings (SSSR count). The number of phenolic OH excluding ortho intramolecular Hbond substituents is 3. The van der Waals surface area contributed by atoms with Crippen LogP contribution < -0.4 is 9.47 Å². The molecular formula is C23H27O12+. The Morgan fingerprint density at radius 2 is 1.57 bits per heavy atom. The molecule has 2 aromatic rings. The summed E-state index contributed by atoms with van der Waals surface area (Å²) in [6.07, 6.45) is -7.21. The van der Waals surface area contributed by atoms with E-state index < -0.39 is 43.4 Å². The van der Waals surface area contributed by atoms with Crippen LogP contribution in [-0.4, -0.2) is 92.0 Å². The summed E-state index contributed by atoms with van der Waals surface area (Å²) in [6, 6.07) is 5.40. The Morgan fingerprint density at radius 3 is 2.17 bits per heavy atom. The Kier molecular flexibility index (Phi) is 6.83. The second-order valence-electron chi connectivity index (χ2n) is 8.07. The zero-order valence-corrected chi connectivity index (χ0v) is 18.8. The fourth-order valence-electron chi connectivity index (χ4n) is 3.99. The van der Waals surface area contributed by atoms with Gasteiger partial charge in [0.25, 0.3) is 11.9 Å². The van der Waals surface area contributed by atoms with Gasteiger partial charge in [-0.1, -0.05) is 0 Å². The van der Waals surface area contributed by atoms with Gasteiger partial charge in [-0.2, -0.15) is 0 Å². The van der Waals surface area contributed by atoms with Crippen molar-refractivity contribution in [1.82, 2.24) is 0 Å². The molecule has 2 aromatic carbocycles. The summed E-state index contributed by atoms with van der Waals surface area (Å²) in [5.74, 6) is -0.352. The summed E-state index contributed by atoms with van der Waals surface area (Å²) in [6.45, 7) is -0.646. The molecule has 6 atom stereocenters. The Bertz CT molecular complexity index is 1090. The Morgan fingerprint density at radius 1 is 0.914 bits per heavy atom. The highest BCUT2D eigenvalue weighted by molar-refractivity contribution is 5.69. The molecule has 0 spiro atoms. The monoisotopic (exact) mass is 495 g/mol. The number of rotatable bonds is 6. The molecule has 12 heteroatoms. The predicted octanol–water partition coefficient (Wildman–Crippen LogP) is -0.0258. The lowest BCUT2D eigenvalue weighted by atomic mass is 9.98. The Hall–Kier alpha value is -3.42. The molecule has 0 aliphatic carbocycles. The van der Waals surface area contributed by atoms with E-state index in [4.69, 9.17) is 18.9 Å². The number of benzene rings is 2. The van der Waals surface area contributed by atoms with Crippen LogP contribution in [0.15, 0.2) is 30.0 Å². The molecule has 2 heterocycles. The van der Waals surface area contributed by atoms with Crippen LogP contribution in [0.25, 0.3) is 6.08 Å². The van der Waals surface area contributed by atoms with E-state index in [9.17, 15) is 35.7 Å². The minimum absolute atomic E-state index is 0.0395. The maximum Gasteiger partial charge on any atom is 0.270 e. The Balaban J connectivity index is 1.79. The van der Waals surface area contributed by atoms with Gasteiger partial charge in [-0.25, -0.2) is 0 Å². The Labute approximate surface area is 199 Å². The number of aliphatic hydroxyl groups is 5. The molecule has 0 bridgehead atoms. The van der Waals surface area contributed by atoms with E-state index in [2.05, 4.69) is 4.74 Å². The van der Waals surface area contributed by atoms with Gasteiger partial charge < -0.3 is 59.4 Å². The first-order valence-corrected chi connectivity index (χ1v) is 10.6. The van der Waals surface area contributed by atoms with Crippen molar-refractivity contribution in [1.29, 1.82) is 0 Å². The summed E-state index contributed by atoms with van der Waals surface area (Å²) >= 11 is 0. The number of methoxy groups -OCH3 is 2. The van der Waals surface area contributed by atoms with Gasteiger partial charge in [0, 0.05) is 12.1 Å². The zero-order chi connectivity index (χ0) is 25.4. The van der Waals surface area contributed by atoms with E-state index in [1.54, 1.807) is 0 Å². The standard InChI is InChI=1S/C23H26O12/c1-31-14-3-9(4-15(32-2)18(14)27)22-16(7-11-12(26)5-10(25)6-13(11)33-22)34-23-21(30)20(29)19(28)17(8-24)35-23/h3-7,17,19-30H,8H2,1-2H3/p+1/t17-,19-,20+,21-,22?,23-/m1/s1. The maximum atomic E-state index is 10.4. The zero-order valence-electron chi connectivity index (χ0n) is 18.8. The van der Waals surface area contributed by atoms with E-state index in [0.29, 0.717) is 5.56 Å². The summed E-state index contributed by atoms with van der Waals surface area (Å²) in [7, 11) is 2.70. The third-order valence-corrected chi connectivity index (χ3v) is 5.86. The van der Waals surface area contributed by atoms with Gasteiger partial charge in [-0.05, 0) is 12.1 Å². The van der Waals surface area contributed by atoms with Crippen molar-refractivity contribution in [3.63, 3.8) is 0 Å². The van der Waals surface area contributed by atoms with Gasteiger partial charge in [0.15, 0.2) is 17.3 Å². The fourth-order valence-corrected chi connectivity index (χ4v) is 3.99. The molecule has 2 aliphatic rings. The quantitative estimate of drug-likeness (QED) is 0.266. The minimum atomic E-state index is -1.69. The van der Waals surface area contributed by atoms with E-state index >= 15 is 0 Å². The first-order chi connectivity index (χ1) is 16.7. The third-order valence-electron chi connectivity index (χ3n) is 5.86. The van der Waals surface area contributed by atoms with Crippen LogP contribution in [0.2, 0.25) is 0 Å². The second-order valence-corrected chi connectivity index (χ2v) is 8.07. The van der Waals surface area contributed by atoms with Crippen LogP contribution in [0.1, 0.15) is 17.2 Å². The number of aromatic hydroxyl groups is 4. The number of aliphatic hydroxyl groups excluding tert-OH is 4. The van der Waals surface area contributed by atoms with Gasteiger partial charge in [-0.3, -0.25) is 0 Å². The van der Waals surface area contributed by atoms with Crippen molar-refractivity contribution in [2.75, 3.05) is 20.8 Å². The van der Waals surface area contributed by atoms with E-state index in [1.165, 1.54) is 38.5 Å². The molecule has 1 fully saturated rings. The van der Waals surface area contributed by atoms with Crippen LogP contribution in [-0.2, 0) is 9.47 Å². The lowest BCUT2D eigenvalue weighted by Gasteiger charge is -2.40. The molecule has 0 radical (unpaired) electrons. The SMILES string of the molecule is COc1cc(C2[OH+]c3cc(O)cc(O)c3C=C2O[C@@H]2O[C@H](CO)[C@@H](O)[C@H](O)[C@H]2O)cc(OC)c1O. The van der Waals surface area contributed by atoms with Crippen molar-refractivity contribution in [2.45, 2.75) is 36.8 Å².